The van der Waals surface area contributed by atoms with Gasteiger partial charge in [-0.25, -0.2) is 0 Å². The monoisotopic (exact) mass is 322 g/mol. The first-order chi connectivity index (χ1) is 11.0. The lowest BCUT2D eigenvalue weighted by Crippen LogP contribution is -2.28. The SMILES string of the molecule is Cc1ccc(C=C2SC(=N)N(c3ccc(C)c(C)c3)C2=O)cc1. The molecule has 4 heteroatoms. The van der Waals surface area contributed by atoms with Crippen LogP contribution < -0.4 is 4.90 Å². The number of nitrogens with zero attached hydrogens (tertiary/aromatic N) is 1. The summed E-state index contributed by atoms with van der Waals surface area (Å²) >= 11 is 1.21. The van der Waals surface area contributed by atoms with Gasteiger partial charge in [0, 0.05) is 0 Å². The first-order valence-corrected chi connectivity index (χ1v) is 8.24. The van der Waals surface area contributed by atoms with Gasteiger partial charge in [-0.05, 0) is 67.4 Å². The van der Waals surface area contributed by atoms with Gasteiger partial charge in [0.2, 0.25) is 0 Å². The Morgan fingerprint density at radius 1 is 1.00 bits per heavy atom. The first kappa shape index (κ1) is 15.6. The fourth-order valence-electron chi connectivity index (χ4n) is 2.40. The topological polar surface area (TPSA) is 44.2 Å². The molecule has 2 aromatic rings. The Balaban J connectivity index is 1.93. The lowest BCUT2D eigenvalue weighted by atomic mass is 10.1. The van der Waals surface area contributed by atoms with E-state index < -0.39 is 0 Å². The minimum absolute atomic E-state index is 0.135. The van der Waals surface area contributed by atoms with Crippen LogP contribution in [0.3, 0.4) is 0 Å². The maximum Gasteiger partial charge on any atom is 0.271 e. The lowest BCUT2D eigenvalue weighted by molar-refractivity contribution is -0.113. The molecule has 23 heavy (non-hydrogen) atoms. The van der Waals surface area contributed by atoms with Gasteiger partial charge in [0.1, 0.15) is 0 Å². The lowest BCUT2D eigenvalue weighted by Gasteiger charge is -2.15. The zero-order valence-corrected chi connectivity index (χ0v) is 14.2. The summed E-state index contributed by atoms with van der Waals surface area (Å²) in [5, 5.41) is 8.40. The van der Waals surface area contributed by atoms with E-state index in [1.165, 1.54) is 27.8 Å². The van der Waals surface area contributed by atoms with Gasteiger partial charge in [-0.2, -0.15) is 0 Å². The van der Waals surface area contributed by atoms with E-state index >= 15 is 0 Å². The molecule has 0 aromatic heterocycles. The molecule has 0 saturated carbocycles. The van der Waals surface area contributed by atoms with Crippen molar-refractivity contribution < 1.29 is 4.79 Å². The van der Waals surface area contributed by atoms with Gasteiger partial charge in [-0.1, -0.05) is 35.9 Å². The number of thioether (sulfide) groups is 1. The molecule has 1 aliphatic heterocycles. The Hall–Kier alpha value is -2.33. The van der Waals surface area contributed by atoms with E-state index in [0.717, 1.165) is 16.8 Å². The van der Waals surface area contributed by atoms with Gasteiger partial charge in [-0.3, -0.25) is 15.1 Å². The van der Waals surface area contributed by atoms with Crippen LogP contribution in [0.2, 0.25) is 0 Å². The fraction of sp³-hybridized carbons (Fsp3) is 0.158. The normalized spacial score (nSPS) is 16.5. The Morgan fingerprint density at radius 3 is 2.35 bits per heavy atom. The summed E-state index contributed by atoms with van der Waals surface area (Å²) in [7, 11) is 0. The third kappa shape index (κ3) is 3.08. The van der Waals surface area contributed by atoms with Gasteiger partial charge in [-0.15, -0.1) is 0 Å². The Labute approximate surface area is 140 Å². The molecule has 0 atom stereocenters. The number of hydrogen-bond acceptors (Lipinski definition) is 3. The summed E-state index contributed by atoms with van der Waals surface area (Å²) in [6.07, 6.45) is 1.85. The molecule has 1 heterocycles. The quantitative estimate of drug-likeness (QED) is 0.817. The van der Waals surface area contributed by atoms with E-state index in [-0.39, 0.29) is 11.1 Å². The summed E-state index contributed by atoms with van der Waals surface area (Å²) < 4.78 is 0. The fourth-order valence-corrected chi connectivity index (χ4v) is 3.26. The molecule has 0 bridgehead atoms. The Kier molecular flexibility index (Phi) is 4.09. The van der Waals surface area contributed by atoms with E-state index in [9.17, 15) is 4.79 Å². The van der Waals surface area contributed by atoms with Crippen LogP contribution in [0.1, 0.15) is 22.3 Å². The van der Waals surface area contributed by atoms with E-state index in [1.54, 1.807) is 0 Å². The molecule has 0 unspecified atom stereocenters. The van der Waals surface area contributed by atoms with Crippen LogP contribution in [0.5, 0.6) is 0 Å². The van der Waals surface area contributed by atoms with Crippen molar-refractivity contribution in [3.05, 3.63) is 69.6 Å². The number of anilines is 1. The number of carbonyl (C=O) groups excluding carboxylic acids is 1. The summed E-state index contributed by atoms with van der Waals surface area (Å²) in [6, 6.07) is 13.8. The van der Waals surface area contributed by atoms with Gasteiger partial charge in [0.25, 0.3) is 5.91 Å². The van der Waals surface area contributed by atoms with Crippen molar-refractivity contribution in [1.29, 1.82) is 5.41 Å². The molecule has 1 N–H and O–H groups in total. The second-order valence-electron chi connectivity index (χ2n) is 5.74. The van der Waals surface area contributed by atoms with Crippen LogP contribution in [0.15, 0.2) is 47.4 Å². The van der Waals surface area contributed by atoms with Crippen molar-refractivity contribution in [3.8, 4) is 0 Å². The second-order valence-corrected chi connectivity index (χ2v) is 6.77. The first-order valence-electron chi connectivity index (χ1n) is 7.42. The number of carbonyl (C=O) groups is 1. The summed E-state index contributed by atoms with van der Waals surface area (Å²) in [4.78, 5) is 14.7. The Bertz CT molecular complexity index is 822. The third-order valence-corrected chi connectivity index (χ3v) is 4.84. The standard InChI is InChI=1S/C19H18N2OS/c1-12-4-7-15(8-5-12)11-17-18(22)21(19(20)23-17)16-9-6-13(2)14(3)10-16/h4-11,20H,1-3H3. The second kappa shape index (κ2) is 6.05. The van der Waals surface area contributed by atoms with Gasteiger partial charge >= 0.3 is 0 Å². The predicted molar refractivity (Wildman–Crippen MR) is 97.9 cm³/mol. The molecular weight excluding hydrogens is 304 g/mol. The highest BCUT2D eigenvalue weighted by molar-refractivity contribution is 8.19. The van der Waals surface area contributed by atoms with Crippen LogP contribution >= 0.6 is 11.8 Å². The van der Waals surface area contributed by atoms with Crippen molar-refractivity contribution >= 4 is 34.6 Å². The number of amides is 1. The highest BCUT2D eigenvalue weighted by Gasteiger charge is 2.33. The van der Waals surface area contributed by atoms with Gasteiger partial charge in [0.05, 0.1) is 10.6 Å². The summed E-state index contributed by atoms with van der Waals surface area (Å²) in [5.74, 6) is -0.135. The average Bonchev–Trinajstić information content (AvgIpc) is 2.79. The van der Waals surface area contributed by atoms with E-state index in [1.807, 2.05) is 69.3 Å². The maximum absolute atomic E-state index is 12.7. The third-order valence-electron chi connectivity index (χ3n) is 3.95. The van der Waals surface area contributed by atoms with Crippen LogP contribution in [-0.2, 0) is 4.79 Å². The zero-order valence-electron chi connectivity index (χ0n) is 13.4. The van der Waals surface area contributed by atoms with Crippen LogP contribution in [-0.4, -0.2) is 11.1 Å². The van der Waals surface area contributed by atoms with E-state index in [0.29, 0.717) is 4.91 Å². The molecule has 3 nitrogen and oxygen atoms in total. The van der Waals surface area contributed by atoms with E-state index in [4.69, 9.17) is 5.41 Å². The van der Waals surface area contributed by atoms with Crippen molar-refractivity contribution in [1.82, 2.24) is 0 Å². The number of amidine groups is 1. The van der Waals surface area contributed by atoms with Crippen LogP contribution in [0.25, 0.3) is 6.08 Å². The Morgan fingerprint density at radius 2 is 1.70 bits per heavy atom. The molecule has 1 aliphatic rings. The molecule has 3 rings (SSSR count). The molecule has 116 valence electrons. The summed E-state index contributed by atoms with van der Waals surface area (Å²) in [6.45, 7) is 6.08. The van der Waals surface area contributed by atoms with Crippen molar-refractivity contribution in [3.63, 3.8) is 0 Å². The summed E-state index contributed by atoms with van der Waals surface area (Å²) in [5.41, 5.74) is 5.20. The minimum atomic E-state index is -0.135. The number of rotatable bonds is 2. The zero-order chi connectivity index (χ0) is 16.6. The number of aryl methyl sites for hydroxylation is 3. The van der Waals surface area contributed by atoms with E-state index in [2.05, 4.69) is 0 Å². The van der Waals surface area contributed by atoms with Crippen LogP contribution in [0.4, 0.5) is 5.69 Å². The molecule has 0 radical (unpaired) electrons. The van der Waals surface area contributed by atoms with Crippen LogP contribution in [0, 0.1) is 26.2 Å². The molecule has 1 amide bonds. The maximum atomic E-state index is 12.7. The van der Waals surface area contributed by atoms with Crippen molar-refractivity contribution in [2.75, 3.05) is 4.90 Å². The number of nitrogens with one attached hydrogen (secondary N) is 1. The molecular formula is C19H18N2OS. The van der Waals surface area contributed by atoms with Gasteiger partial charge < -0.3 is 0 Å². The van der Waals surface area contributed by atoms with Gasteiger partial charge in [0.15, 0.2) is 5.17 Å². The number of benzene rings is 2. The number of hydrogen-bond donors (Lipinski definition) is 1. The molecule has 0 aliphatic carbocycles. The smallest absolute Gasteiger partial charge is 0.271 e. The molecule has 1 saturated heterocycles. The highest BCUT2D eigenvalue weighted by atomic mass is 32.2. The molecule has 0 spiro atoms. The van der Waals surface area contributed by atoms with Crippen molar-refractivity contribution in [2.24, 2.45) is 0 Å². The largest absolute Gasteiger partial charge is 0.278 e. The molecule has 2 aromatic carbocycles. The highest BCUT2D eigenvalue weighted by Crippen LogP contribution is 2.35. The predicted octanol–water partition coefficient (Wildman–Crippen LogP) is 4.67. The average molecular weight is 322 g/mol. The van der Waals surface area contributed by atoms with Crippen molar-refractivity contribution in [2.45, 2.75) is 20.8 Å². The molecule has 1 fully saturated rings. The minimum Gasteiger partial charge on any atom is -0.278 e.